The Morgan fingerprint density at radius 2 is 2.14 bits per heavy atom. The van der Waals surface area contributed by atoms with Crippen LogP contribution in [0.4, 0.5) is 0 Å². The summed E-state index contributed by atoms with van der Waals surface area (Å²) in [5.41, 5.74) is 0. The lowest BCUT2D eigenvalue weighted by Crippen LogP contribution is -2.36. The van der Waals surface area contributed by atoms with Crippen molar-refractivity contribution in [2.45, 2.75) is 24.4 Å². The summed E-state index contributed by atoms with van der Waals surface area (Å²) in [4.78, 5) is 15.2. The van der Waals surface area contributed by atoms with Crippen molar-refractivity contribution in [3.63, 3.8) is 0 Å². The van der Waals surface area contributed by atoms with Crippen LogP contribution in [0.3, 0.4) is 0 Å². The second-order valence-electron chi connectivity index (χ2n) is 5.07. The number of hydrogen-bond donors (Lipinski definition) is 0. The van der Waals surface area contributed by atoms with Gasteiger partial charge in [-0.1, -0.05) is 17.8 Å². The van der Waals surface area contributed by atoms with Crippen molar-refractivity contribution in [1.29, 1.82) is 0 Å². The summed E-state index contributed by atoms with van der Waals surface area (Å²) >= 11 is 3.11. The molecule has 112 valence electrons. The highest BCUT2D eigenvalue weighted by atomic mass is 32.2. The second-order valence-corrected chi connectivity index (χ2v) is 6.96. The topological polar surface area (TPSA) is 51.0 Å². The molecule has 5 nitrogen and oxygen atoms in total. The fourth-order valence-corrected chi connectivity index (χ4v) is 3.98. The maximum absolute atomic E-state index is 12.2. The van der Waals surface area contributed by atoms with E-state index in [4.69, 9.17) is 0 Å². The van der Waals surface area contributed by atoms with Crippen LogP contribution in [0.2, 0.25) is 0 Å². The number of piperidine rings is 1. The number of amides is 1. The molecular formula is C14H18N4OS2. The zero-order valence-corrected chi connectivity index (χ0v) is 13.6. The number of thioether (sulfide) groups is 1. The number of likely N-dealkylation sites (tertiary alicyclic amines) is 1. The molecule has 0 atom stereocenters. The number of carbonyl (C=O) groups is 1. The lowest BCUT2D eigenvalue weighted by Gasteiger charge is -2.26. The fraction of sp³-hybridized carbons (Fsp3) is 0.500. The van der Waals surface area contributed by atoms with Gasteiger partial charge in [-0.3, -0.25) is 4.79 Å². The first-order valence-electron chi connectivity index (χ1n) is 7.09. The van der Waals surface area contributed by atoms with E-state index in [1.165, 1.54) is 18.2 Å². The van der Waals surface area contributed by atoms with Crippen molar-refractivity contribution in [1.82, 2.24) is 19.7 Å². The van der Waals surface area contributed by atoms with E-state index in [-0.39, 0.29) is 5.91 Å². The Kier molecular flexibility index (Phi) is 4.60. The van der Waals surface area contributed by atoms with Crippen LogP contribution in [0.1, 0.15) is 19.3 Å². The van der Waals surface area contributed by atoms with Crippen LogP contribution in [0, 0.1) is 0 Å². The summed E-state index contributed by atoms with van der Waals surface area (Å²) in [6.07, 6.45) is 3.50. The first kappa shape index (κ1) is 14.6. The van der Waals surface area contributed by atoms with Gasteiger partial charge >= 0.3 is 0 Å². The molecule has 1 aliphatic rings. The van der Waals surface area contributed by atoms with Crippen LogP contribution in [0.15, 0.2) is 22.7 Å². The molecular weight excluding hydrogens is 304 g/mol. The van der Waals surface area contributed by atoms with Crippen LogP contribution in [0.25, 0.3) is 10.7 Å². The third-order valence-corrected chi connectivity index (χ3v) is 5.48. The molecule has 0 bridgehead atoms. The van der Waals surface area contributed by atoms with Gasteiger partial charge in [0.1, 0.15) is 0 Å². The molecule has 3 heterocycles. The molecule has 0 saturated carbocycles. The van der Waals surface area contributed by atoms with Crippen LogP contribution in [0.5, 0.6) is 0 Å². The lowest BCUT2D eigenvalue weighted by atomic mass is 10.1. The Morgan fingerprint density at radius 3 is 2.86 bits per heavy atom. The summed E-state index contributed by atoms with van der Waals surface area (Å²) in [7, 11) is 1.95. The number of nitrogens with zero attached hydrogens (tertiary/aromatic N) is 4. The molecule has 1 amide bonds. The second kappa shape index (κ2) is 6.62. The predicted molar refractivity (Wildman–Crippen MR) is 85.5 cm³/mol. The molecule has 1 fully saturated rings. The Bertz CT molecular complexity index is 603. The molecule has 0 N–H and O–H groups in total. The highest BCUT2D eigenvalue weighted by molar-refractivity contribution is 7.99. The monoisotopic (exact) mass is 322 g/mol. The van der Waals surface area contributed by atoms with Crippen molar-refractivity contribution >= 4 is 29.0 Å². The SMILES string of the molecule is Cn1c(SCC(=O)N2CCCCC2)nnc1-c1cccs1. The zero-order chi connectivity index (χ0) is 14.7. The van der Waals surface area contributed by atoms with E-state index in [2.05, 4.69) is 10.2 Å². The average Bonchev–Trinajstić information content (AvgIpc) is 3.15. The van der Waals surface area contributed by atoms with Gasteiger partial charge in [-0.2, -0.15) is 0 Å². The zero-order valence-electron chi connectivity index (χ0n) is 12.0. The predicted octanol–water partition coefficient (Wildman–Crippen LogP) is 2.65. The minimum atomic E-state index is 0.209. The molecule has 0 spiro atoms. The number of thiophene rings is 1. The van der Waals surface area contributed by atoms with E-state index >= 15 is 0 Å². The van der Waals surface area contributed by atoms with Gasteiger partial charge in [0.2, 0.25) is 5.91 Å². The molecule has 2 aromatic rings. The lowest BCUT2D eigenvalue weighted by molar-refractivity contribution is -0.129. The number of aromatic nitrogens is 3. The number of rotatable bonds is 4. The molecule has 2 aromatic heterocycles. The van der Waals surface area contributed by atoms with Crippen molar-refractivity contribution in [2.75, 3.05) is 18.8 Å². The minimum absolute atomic E-state index is 0.209. The van der Waals surface area contributed by atoms with Crippen molar-refractivity contribution in [3.8, 4) is 10.7 Å². The highest BCUT2D eigenvalue weighted by Gasteiger charge is 2.18. The molecule has 21 heavy (non-hydrogen) atoms. The number of carbonyl (C=O) groups excluding carboxylic acids is 1. The fourth-order valence-electron chi connectivity index (χ4n) is 2.42. The molecule has 1 saturated heterocycles. The van der Waals surface area contributed by atoms with Crippen molar-refractivity contribution < 1.29 is 4.79 Å². The summed E-state index contributed by atoms with van der Waals surface area (Å²) < 4.78 is 1.96. The van der Waals surface area contributed by atoms with Gasteiger partial charge in [0.15, 0.2) is 11.0 Å². The van der Waals surface area contributed by atoms with Gasteiger partial charge in [-0.25, -0.2) is 0 Å². The van der Waals surface area contributed by atoms with Gasteiger partial charge < -0.3 is 9.47 Å². The molecule has 3 rings (SSSR count). The Balaban J connectivity index is 1.62. The van der Waals surface area contributed by atoms with Crippen LogP contribution >= 0.6 is 23.1 Å². The maximum Gasteiger partial charge on any atom is 0.233 e. The summed E-state index contributed by atoms with van der Waals surface area (Å²) in [6, 6.07) is 4.03. The van der Waals surface area contributed by atoms with Gasteiger partial charge in [0.05, 0.1) is 10.6 Å². The smallest absolute Gasteiger partial charge is 0.233 e. The van der Waals surface area contributed by atoms with E-state index in [1.54, 1.807) is 11.3 Å². The molecule has 1 aliphatic heterocycles. The maximum atomic E-state index is 12.2. The molecule has 0 unspecified atom stereocenters. The van der Waals surface area contributed by atoms with Crippen LogP contribution in [-0.2, 0) is 11.8 Å². The molecule has 0 aromatic carbocycles. The van der Waals surface area contributed by atoms with E-state index < -0.39 is 0 Å². The molecule has 0 radical (unpaired) electrons. The Hall–Kier alpha value is -1.34. The summed E-state index contributed by atoms with van der Waals surface area (Å²) in [6.45, 7) is 1.80. The number of hydrogen-bond acceptors (Lipinski definition) is 5. The van der Waals surface area contributed by atoms with E-state index in [1.807, 2.05) is 34.0 Å². The quantitative estimate of drug-likeness (QED) is 0.812. The largest absolute Gasteiger partial charge is 0.342 e. The van der Waals surface area contributed by atoms with Crippen LogP contribution in [-0.4, -0.2) is 44.4 Å². The summed E-state index contributed by atoms with van der Waals surface area (Å²) in [5.74, 6) is 1.51. The van der Waals surface area contributed by atoms with Crippen molar-refractivity contribution in [3.05, 3.63) is 17.5 Å². The summed E-state index contributed by atoms with van der Waals surface area (Å²) in [5, 5.41) is 11.2. The van der Waals surface area contributed by atoms with Gasteiger partial charge in [-0.05, 0) is 30.7 Å². The Labute approximate surface area is 132 Å². The van der Waals surface area contributed by atoms with Gasteiger partial charge in [-0.15, -0.1) is 21.5 Å². The first-order valence-corrected chi connectivity index (χ1v) is 8.96. The minimum Gasteiger partial charge on any atom is -0.342 e. The molecule has 7 heteroatoms. The first-order chi connectivity index (χ1) is 10.3. The van der Waals surface area contributed by atoms with Crippen molar-refractivity contribution in [2.24, 2.45) is 7.05 Å². The third-order valence-electron chi connectivity index (χ3n) is 3.61. The van der Waals surface area contributed by atoms with E-state index in [0.29, 0.717) is 5.75 Å². The van der Waals surface area contributed by atoms with E-state index in [9.17, 15) is 4.79 Å². The average molecular weight is 322 g/mol. The van der Waals surface area contributed by atoms with E-state index in [0.717, 1.165) is 41.8 Å². The van der Waals surface area contributed by atoms with Gasteiger partial charge in [0.25, 0.3) is 0 Å². The third kappa shape index (κ3) is 3.29. The van der Waals surface area contributed by atoms with Gasteiger partial charge in [0, 0.05) is 20.1 Å². The normalized spacial score (nSPS) is 15.4. The Morgan fingerprint density at radius 1 is 1.33 bits per heavy atom. The standard InChI is InChI=1S/C14H18N4OS2/c1-17-13(11-6-5-9-20-11)15-16-14(17)21-10-12(19)18-7-3-2-4-8-18/h5-6,9H,2-4,7-8,10H2,1H3. The molecule has 0 aliphatic carbocycles. The van der Waals surface area contributed by atoms with Crippen LogP contribution < -0.4 is 0 Å². The highest BCUT2D eigenvalue weighted by Crippen LogP contribution is 2.26.